The standard InChI is InChI=1S/C25H24O12/c26-15-5-1-13(9-17(15)28)3-7-21(31)36-20-12-25(24(34)35,11-19(30)23(20)33)37-22(32)8-4-14-2-6-16(27)18(29)10-14/h1-10,19-20,23,26-30,33H,11-12H2,(H,34,35)/b7-3+,8-4+/t19-,20+,23+,25+/m1/s1. The molecule has 0 bridgehead atoms. The van der Waals surface area contributed by atoms with Crippen molar-refractivity contribution in [3.05, 3.63) is 59.7 Å². The molecule has 0 saturated heterocycles. The molecule has 1 aliphatic rings. The molecule has 12 heteroatoms. The summed E-state index contributed by atoms with van der Waals surface area (Å²) < 4.78 is 10.2. The molecule has 0 spiro atoms. The highest BCUT2D eigenvalue weighted by Crippen LogP contribution is 2.35. The van der Waals surface area contributed by atoms with Gasteiger partial charge in [0.15, 0.2) is 23.0 Å². The average Bonchev–Trinajstić information content (AvgIpc) is 2.83. The van der Waals surface area contributed by atoms with Crippen molar-refractivity contribution in [2.45, 2.75) is 36.8 Å². The van der Waals surface area contributed by atoms with Gasteiger partial charge in [-0.3, -0.25) is 0 Å². The number of carboxylic acids is 1. The zero-order valence-electron chi connectivity index (χ0n) is 19.1. The molecule has 0 unspecified atom stereocenters. The topological polar surface area (TPSA) is 211 Å². The fraction of sp³-hybridized carbons (Fsp3) is 0.240. The third-order valence-corrected chi connectivity index (χ3v) is 5.62. The van der Waals surface area contributed by atoms with Crippen LogP contribution < -0.4 is 0 Å². The van der Waals surface area contributed by atoms with E-state index in [9.17, 15) is 50.1 Å². The number of aliphatic hydroxyl groups is 2. The van der Waals surface area contributed by atoms with Crippen LogP contribution in [-0.2, 0) is 23.9 Å². The Balaban J connectivity index is 1.73. The van der Waals surface area contributed by atoms with Crippen molar-refractivity contribution in [3.63, 3.8) is 0 Å². The number of hydrogen-bond donors (Lipinski definition) is 7. The summed E-state index contributed by atoms with van der Waals surface area (Å²) in [4.78, 5) is 36.7. The van der Waals surface area contributed by atoms with E-state index in [-0.39, 0.29) is 17.1 Å². The van der Waals surface area contributed by atoms with Gasteiger partial charge in [0.25, 0.3) is 0 Å². The number of carbonyl (C=O) groups is 3. The maximum atomic E-state index is 12.4. The highest BCUT2D eigenvalue weighted by atomic mass is 16.6. The quantitative estimate of drug-likeness (QED) is 0.156. The number of phenols is 4. The summed E-state index contributed by atoms with van der Waals surface area (Å²) in [5.74, 6) is -5.41. The van der Waals surface area contributed by atoms with E-state index in [2.05, 4.69) is 0 Å². The normalized spacial score (nSPS) is 23.7. The summed E-state index contributed by atoms with van der Waals surface area (Å²) in [5.41, 5.74) is -1.73. The lowest BCUT2D eigenvalue weighted by Gasteiger charge is -2.41. The first-order chi connectivity index (χ1) is 17.4. The van der Waals surface area contributed by atoms with Crippen LogP contribution in [0.4, 0.5) is 0 Å². The van der Waals surface area contributed by atoms with Gasteiger partial charge in [-0.1, -0.05) is 12.1 Å². The number of esters is 2. The zero-order chi connectivity index (χ0) is 27.3. The smallest absolute Gasteiger partial charge is 0.348 e. The Labute approximate surface area is 209 Å². The Morgan fingerprint density at radius 3 is 1.78 bits per heavy atom. The van der Waals surface area contributed by atoms with Crippen molar-refractivity contribution < 1.29 is 59.6 Å². The Morgan fingerprint density at radius 1 is 0.784 bits per heavy atom. The second-order valence-electron chi connectivity index (χ2n) is 8.33. The van der Waals surface area contributed by atoms with Crippen molar-refractivity contribution in [1.29, 1.82) is 0 Å². The highest BCUT2D eigenvalue weighted by Gasteiger charge is 2.54. The number of aliphatic hydroxyl groups excluding tert-OH is 2. The van der Waals surface area contributed by atoms with Gasteiger partial charge in [-0.2, -0.15) is 0 Å². The summed E-state index contributed by atoms with van der Waals surface area (Å²) in [7, 11) is 0. The van der Waals surface area contributed by atoms with E-state index in [4.69, 9.17) is 9.47 Å². The molecule has 0 radical (unpaired) electrons. The van der Waals surface area contributed by atoms with E-state index in [0.717, 1.165) is 18.2 Å². The SMILES string of the molecule is O=C(/C=C/c1ccc(O)c(O)c1)O[C@H]1C[C@](OC(=O)/C=C/c2ccc(O)c(O)c2)(C(=O)O)C[C@@H](O)[C@@H]1O. The average molecular weight is 516 g/mol. The molecule has 0 heterocycles. The van der Waals surface area contributed by atoms with Crippen LogP contribution in [-0.4, -0.2) is 77.6 Å². The van der Waals surface area contributed by atoms with Gasteiger partial charge in [-0.05, 0) is 47.5 Å². The molecule has 1 fully saturated rings. The van der Waals surface area contributed by atoms with Gasteiger partial charge in [0.2, 0.25) is 5.60 Å². The number of ether oxygens (including phenoxy) is 2. The number of phenolic OH excluding ortho intramolecular Hbond substituents is 4. The van der Waals surface area contributed by atoms with Gasteiger partial charge in [-0.25, -0.2) is 14.4 Å². The molecule has 0 amide bonds. The predicted molar refractivity (Wildman–Crippen MR) is 125 cm³/mol. The lowest BCUT2D eigenvalue weighted by Crippen LogP contribution is -2.58. The van der Waals surface area contributed by atoms with Crippen LogP contribution in [0.5, 0.6) is 23.0 Å². The van der Waals surface area contributed by atoms with E-state index in [1.807, 2.05) is 0 Å². The maximum absolute atomic E-state index is 12.4. The van der Waals surface area contributed by atoms with E-state index < -0.39 is 66.2 Å². The molecular formula is C25H24O12. The number of aromatic hydroxyl groups is 4. The fourth-order valence-corrected chi connectivity index (χ4v) is 3.68. The Morgan fingerprint density at radius 2 is 1.30 bits per heavy atom. The highest BCUT2D eigenvalue weighted by molar-refractivity contribution is 5.91. The third-order valence-electron chi connectivity index (χ3n) is 5.62. The van der Waals surface area contributed by atoms with Crippen molar-refractivity contribution >= 4 is 30.1 Å². The van der Waals surface area contributed by atoms with Gasteiger partial charge < -0.3 is 45.2 Å². The third kappa shape index (κ3) is 6.57. The van der Waals surface area contributed by atoms with Crippen molar-refractivity contribution in [2.24, 2.45) is 0 Å². The van der Waals surface area contributed by atoms with Gasteiger partial charge in [0.05, 0.1) is 6.10 Å². The van der Waals surface area contributed by atoms with Crippen LogP contribution >= 0.6 is 0 Å². The van der Waals surface area contributed by atoms with Crippen LogP contribution in [0.3, 0.4) is 0 Å². The fourth-order valence-electron chi connectivity index (χ4n) is 3.68. The molecule has 12 nitrogen and oxygen atoms in total. The van der Waals surface area contributed by atoms with Crippen molar-refractivity contribution in [1.82, 2.24) is 0 Å². The van der Waals surface area contributed by atoms with Crippen molar-refractivity contribution in [2.75, 3.05) is 0 Å². The molecular weight excluding hydrogens is 492 g/mol. The van der Waals surface area contributed by atoms with Crippen LogP contribution in [0.2, 0.25) is 0 Å². The van der Waals surface area contributed by atoms with E-state index in [1.165, 1.54) is 42.5 Å². The van der Waals surface area contributed by atoms with Crippen LogP contribution in [0.15, 0.2) is 48.6 Å². The summed E-state index contributed by atoms with van der Waals surface area (Å²) in [6, 6.07) is 7.44. The molecule has 1 saturated carbocycles. The van der Waals surface area contributed by atoms with Gasteiger partial charge in [0.1, 0.15) is 12.2 Å². The van der Waals surface area contributed by atoms with E-state index >= 15 is 0 Å². The van der Waals surface area contributed by atoms with Gasteiger partial charge in [-0.15, -0.1) is 0 Å². The Hall–Kier alpha value is -4.55. The molecule has 37 heavy (non-hydrogen) atoms. The van der Waals surface area contributed by atoms with Gasteiger partial charge in [0, 0.05) is 25.0 Å². The second kappa shape index (κ2) is 11.0. The molecule has 7 N–H and O–H groups in total. The minimum atomic E-state index is -2.34. The number of benzene rings is 2. The lowest BCUT2D eigenvalue weighted by atomic mass is 9.79. The first kappa shape index (κ1) is 27.0. The molecule has 196 valence electrons. The monoisotopic (exact) mass is 516 g/mol. The predicted octanol–water partition coefficient (Wildman–Crippen LogP) is 1.03. The molecule has 1 aliphatic carbocycles. The first-order valence-corrected chi connectivity index (χ1v) is 10.8. The van der Waals surface area contributed by atoms with Crippen LogP contribution in [0.25, 0.3) is 12.2 Å². The summed E-state index contributed by atoms with van der Waals surface area (Å²) in [6.45, 7) is 0. The lowest BCUT2D eigenvalue weighted by molar-refractivity contribution is -0.207. The number of carbonyl (C=O) groups excluding carboxylic acids is 2. The van der Waals surface area contributed by atoms with Gasteiger partial charge >= 0.3 is 17.9 Å². The minimum absolute atomic E-state index is 0.288. The second-order valence-corrected chi connectivity index (χ2v) is 8.33. The molecule has 4 atom stereocenters. The zero-order valence-corrected chi connectivity index (χ0v) is 19.1. The summed E-state index contributed by atoms with van der Waals surface area (Å²) >= 11 is 0. The Bertz CT molecular complexity index is 1250. The molecule has 0 aromatic heterocycles. The molecule has 3 rings (SSSR count). The molecule has 2 aromatic carbocycles. The summed E-state index contributed by atoms with van der Waals surface area (Å²) in [5, 5.41) is 68.0. The van der Waals surface area contributed by atoms with E-state index in [1.54, 1.807) is 0 Å². The number of carboxylic acid groups (broad SMARTS) is 1. The van der Waals surface area contributed by atoms with Crippen LogP contribution in [0, 0.1) is 0 Å². The van der Waals surface area contributed by atoms with Crippen molar-refractivity contribution in [3.8, 4) is 23.0 Å². The minimum Gasteiger partial charge on any atom is -0.504 e. The largest absolute Gasteiger partial charge is 0.504 e. The first-order valence-electron chi connectivity index (χ1n) is 10.8. The maximum Gasteiger partial charge on any atom is 0.348 e. The molecule has 0 aliphatic heterocycles. The number of hydrogen-bond acceptors (Lipinski definition) is 11. The number of rotatable bonds is 7. The summed E-state index contributed by atoms with van der Waals surface area (Å²) in [6.07, 6.45) is -2.09. The van der Waals surface area contributed by atoms with Crippen LogP contribution in [0.1, 0.15) is 24.0 Å². The number of aliphatic carboxylic acids is 1. The molecule has 2 aromatic rings. The Kier molecular flexibility index (Phi) is 8.05. The van der Waals surface area contributed by atoms with E-state index in [0.29, 0.717) is 5.56 Å².